The zero-order valence-corrected chi connectivity index (χ0v) is 16.4. The third kappa shape index (κ3) is 3.91. The molecule has 0 aliphatic carbocycles. The number of likely N-dealkylation sites (tertiary alicyclic amines) is 1. The first-order chi connectivity index (χ1) is 14.2. The van der Waals surface area contributed by atoms with Crippen molar-refractivity contribution in [1.82, 2.24) is 20.0 Å². The molecule has 8 heteroatoms. The molecule has 3 aromatic rings. The summed E-state index contributed by atoms with van der Waals surface area (Å²) in [5.74, 6) is 2.41. The first-order valence-electron chi connectivity index (χ1n) is 9.45. The number of carbonyl (C=O) groups excluding carboxylic acids is 1. The number of rotatable bonds is 5. The van der Waals surface area contributed by atoms with E-state index in [1.54, 1.807) is 44.8 Å². The van der Waals surface area contributed by atoms with E-state index in [-0.39, 0.29) is 11.8 Å². The van der Waals surface area contributed by atoms with E-state index < -0.39 is 0 Å². The van der Waals surface area contributed by atoms with Crippen molar-refractivity contribution >= 4 is 5.91 Å². The lowest BCUT2D eigenvalue weighted by atomic mass is 9.96. The molecule has 3 heterocycles. The normalized spacial score (nSPS) is 14.6. The van der Waals surface area contributed by atoms with Gasteiger partial charge in [0.15, 0.2) is 11.5 Å². The van der Waals surface area contributed by atoms with E-state index in [1.165, 1.54) is 0 Å². The van der Waals surface area contributed by atoms with Crippen LogP contribution in [-0.2, 0) is 0 Å². The van der Waals surface area contributed by atoms with Crippen LogP contribution >= 0.6 is 0 Å². The maximum absolute atomic E-state index is 12.9. The van der Waals surface area contributed by atoms with Crippen LogP contribution in [-0.4, -0.2) is 53.2 Å². The monoisotopic (exact) mass is 394 g/mol. The molecular weight excluding hydrogens is 372 g/mol. The van der Waals surface area contributed by atoms with Gasteiger partial charge in [-0.05, 0) is 43.2 Å². The molecule has 1 aliphatic heterocycles. The number of amides is 1. The second-order valence-electron chi connectivity index (χ2n) is 6.83. The van der Waals surface area contributed by atoms with Crippen LogP contribution in [0.2, 0.25) is 0 Å². The molecule has 1 aromatic carbocycles. The highest BCUT2D eigenvalue weighted by molar-refractivity contribution is 5.95. The minimum Gasteiger partial charge on any atom is -0.493 e. The molecule has 0 N–H and O–H groups in total. The molecule has 0 radical (unpaired) electrons. The number of ether oxygens (including phenoxy) is 2. The van der Waals surface area contributed by atoms with Gasteiger partial charge in [-0.25, -0.2) is 0 Å². The molecular formula is C21H22N4O4. The Labute approximate surface area is 168 Å². The summed E-state index contributed by atoms with van der Waals surface area (Å²) in [6.07, 6.45) is 4.95. The van der Waals surface area contributed by atoms with Crippen LogP contribution in [0.4, 0.5) is 0 Å². The van der Waals surface area contributed by atoms with Gasteiger partial charge in [0.1, 0.15) is 0 Å². The fourth-order valence-electron chi connectivity index (χ4n) is 3.49. The van der Waals surface area contributed by atoms with E-state index in [1.807, 2.05) is 17.0 Å². The summed E-state index contributed by atoms with van der Waals surface area (Å²) in [6, 6.07) is 8.95. The average Bonchev–Trinajstić information content (AvgIpc) is 3.29. The Kier molecular flexibility index (Phi) is 5.41. The minimum atomic E-state index is -0.0222. The van der Waals surface area contributed by atoms with E-state index in [9.17, 15) is 4.79 Å². The molecule has 4 rings (SSSR count). The highest BCUT2D eigenvalue weighted by Crippen LogP contribution is 2.31. The summed E-state index contributed by atoms with van der Waals surface area (Å²) >= 11 is 0. The van der Waals surface area contributed by atoms with E-state index >= 15 is 0 Å². The average molecular weight is 394 g/mol. The molecule has 1 fully saturated rings. The topological polar surface area (TPSA) is 90.6 Å². The van der Waals surface area contributed by atoms with Gasteiger partial charge in [0.25, 0.3) is 5.91 Å². The zero-order valence-electron chi connectivity index (χ0n) is 16.4. The van der Waals surface area contributed by atoms with Crippen molar-refractivity contribution in [2.75, 3.05) is 27.3 Å². The third-order valence-electron chi connectivity index (χ3n) is 5.12. The summed E-state index contributed by atoms with van der Waals surface area (Å²) in [7, 11) is 3.13. The number of methoxy groups -OCH3 is 2. The first-order valence-corrected chi connectivity index (χ1v) is 9.45. The fourth-order valence-corrected chi connectivity index (χ4v) is 3.49. The van der Waals surface area contributed by atoms with Crippen molar-refractivity contribution in [3.63, 3.8) is 0 Å². The molecule has 1 saturated heterocycles. The van der Waals surface area contributed by atoms with Crippen molar-refractivity contribution in [2.45, 2.75) is 18.8 Å². The van der Waals surface area contributed by atoms with Gasteiger partial charge in [-0.15, -0.1) is 0 Å². The molecule has 0 bridgehead atoms. The quantitative estimate of drug-likeness (QED) is 0.656. The van der Waals surface area contributed by atoms with E-state index in [2.05, 4.69) is 15.1 Å². The van der Waals surface area contributed by atoms with Crippen molar-refractivity contribution < 1.29 is 18.8 Å². The number of benzene rings is 1. The van der Waals surface area contributed by atoms with Gasteiger partial charge in [-0.1, -0.05) is 5.16 Å². The van der Waals surface area contributed by atoms with E-state index in [0.29, 0.717) is 41.9 Å². The summed E-state index contributed by atoms with van der Waals surface area (Å²) in [5, 5.41) is 4.07. The Morgan fingerprint density at radius 3 is 2.62 bits per heavy atom. The van der Waals surface area contributed by atoms with Crippen molar-refractivity contribution in [3.05, 3.63) is 54.2 Å². The van der Waals surface area contributed by atoms with Gasteiger partial charge in [0.2, 0.25) is 11.7 Å². The molecule has 1 aliphatic rings. The number of hydrogen-bond donors (Lipinski definition) is 0. The lowest BCUT2D eigenvalue weighted by Crippen LogP contribution is -2.38. The Bertz CT molecular complexity index is 981. The predicted molar refractivity (Wildman–Crippen MR) is 105 cm³/mol. The maximum atomic E-state index is 12.9. The Hall–Kier alpha value is -3.42. The van der Waals surface area contributed by atoms with Gasteiger partial charge in [0, 0.05) is 42.5 Å². The van der Waals surface area contributed by atoms with Gasteiger partial charge in [0.05, 0.1) is 14.2 Å². The highest BCUT2D eigenvalue weighted by atomic mass is 16.5. The van der Waals surface area contributed by atoms with Gasteiger partial charge in [-0.2, -0.15) is 4.98 Å². The number of nitrogens with zero attached hydrogens (tertiary/aromatic N) is 4. The maximum Gasteiger partial charge on any atom is 0.253 e. The van der Waals surface area contributed by atoms with E-state index in [4.69, 9.17) is 14.0 Å². The lowest BCUT2D eigenvalue weighted by Gasteiger charge is -2.30. The van der Waals surface area contributed by atoms with Crippen LogP contribution in [0.15, 0.2) is 47.2 Å². The predicted octanol–water partition coefficient (Wildman–Crippen LogP) is 3.17. The number of piperidine rings is 1. The number of pyridine rings is 1. The van der Waals surface area contributed by atoms with Gasteiger partial charge >= 0.3 is 0 Å². The molecule has 29 heavy (non-hydrogen) atoms. The zero-order chi connectivity index (χ0) is 20.2. The van der Waals surface area contributed by atoms with Crippen LogP contribution in [0.1, 0.15) is 35.0 Å². The molecule has 0 spiro atoms. The second kappa shape index (κ2) is 8.30. The van der Waals surface area contributed by atoms with Crippen LogP contribution in [0.5, 0.6) is 11.5 Å². The molecule has 0 saturated carbocycles. The summed E-state index contributed by atoms with van der Waals surface area (Å²) in [5.41, 5.74) is 1.40. The minimum absolute atomic E-state index is 0.0222. The van der Waals surface area contributed by atoms with Crippen LogP contribution in [0.3, 0.4) is 0 Å². The van der Waals surface area contributed by atoms with Gasteiger partial charge in [-0.3, -0.25) is 9.78 Å². The van der Waals surface area contributed by atoms with Crippen molar-refractivity contribution in [2.24, 2.45) is 0 Å². The summed E-state index contributed by atoms with van der Waals surface area (Å²) in [6.45, 7) is 1.25. The second-order valence-corrected chi connectivity index (χ2v) is 6.83. The smallest absolute Gasteiger partial charge is 0.253 e. The Morgan fingerprint density at radius 1 is 1.14 bits per heavy atom. The lowest BCUT2D eigenvalue weighted by molar-refractivity contribution is 0.0704. The first kappa shape index (κ1) is 18.9. The number of aromatic nitrogens is 3. The Balaban J connectivity index is 1.41. The Morgan fingerprint density at radius 2 is 1.93 bits per heavy atom. The molecule has 8 nitrogen and oxygen atoms in total. The van der Waals surface area contributed by atoms with Gasteiger partial charge < -0.3 is 18.9 Å². The molecule has 2 aromatic heterocycles. The standard InChI is InChI=1S/C21H22N4O4/c1-27-17-6-5-15(12-18(17)28-2)21(26)25-10-7-14(8-11-25)20-23-19(24-29-20)16-4-3-9-22-13-16/h3-6,9,12-14H,7-8,10-11H2,1-2H3. The van der Waals surface area contributed by atoms with Crippen molar-refractivity contribution in [3.8, 4) is 22.9 Å². The van der Waals surface area contributed by atoms with Crippen molar-refractivity contribution in [1.29, 1.82) is 0 Å². The molecule has 1 amide bonds. The number of hydrogen-bond acceptors (Lipinski definition) is 7. The van der Waals surface area contributed by atoms with Crippen LogP contribution in [0.25, 0.3) is 11.4 Å². The molecule has 150 valence electrons. The largest absolute Gasteiger partial charge is 0.493 e. The summed E-state index contributed by atoms with van der Waals surface area (Å²) < 4.78 is 16.0. The van der Waals surface area contributed by atoms with Crippen LogP contribution in [0, 0.1) is 0 Å². The van der Waals surface area contributed by atoms with Crippen LogP contribution < -0.4 is 9.47 Å². The highest BCUT2D eigenvalue weighted by Gasteiger charge is 2.28. The summed E-state index contributed by atoms with van der Waals surface area (Å²) in [4.78, 5) is 23.3. The van der Waals surface area contributed by atoms with E-state index in [0.717, 1.165) is 18.4 Å². The molecule has 0 atom stereocenters. The SMILES string of the molecule is COc1ccc(C(=O)N2CCC(c3nc(-c4cccnc4)no3)CC2)cc1OC. The number of carbonyl (C=O) groups is 1. The fraction of sp³-hybridized carbons (Fsp3) is 0.333. The molecule has 0 unspecified atom stereocenters. The third-order valence-corrected chi connectivity index (χ3v) is 5.12.